The smallest absolute Gasteiger partial charge is 0.421 e. The fraction of sp³-hybridized carbons (Fsp3) is 0.889. The molecule has 1 aliphatic carbocycles. The maximum absolute atomic E-state index is 11.4. The minimum atomic E-state index is -3.96. The molecule has 0 aliphatic heterocycles. The first kappa shape index (κ1) is 14.2. The van der Waals surface area contributed by atoms with Crippen LogP contribution in [0.3, 0.4) is 0 Å². The molecule has 1 rings (SSSR count). The zero-order chi connectivity index (χ0) is 12.9. The fourth-order valence-electron chi connectivity index (χ4n) is 1.80. The zero-order valence-corrected chi connectivity index (χ0v) is 10.5. The van der Waals surface area contributed by atoms with Gasteiger partial charge >= 0.3 is 16.3 Å². The summed E-state index contributed by atoms with van der Waals surface area (Å²) >= 11 is 0. The first-order valence-corrected chi connectivity index (χ1v) is 6.93. The van der Waals surface area contributed by atoms with Crippen molar-refractivity contribution in [2.45, 2.75) is 37.7 Å². The van der Waals surface area contributed by atoms with E-state index in [4.69, 9.17) is 0 Å². The average molecular weight is 266 g/mol. The van der Waals surface area contributed by atoms with E-state index >= 15 is 0 Å². The lowest BCUT2D eigenvalue weighted by Gasteiger charge is -2.31. The Hall–Kier alpha value is -0.860. The van der Waals surface area contributed by atoms with Crippen molar-refractivity contribution in [2.24, 2.45) is 0 Å². The summed E-state index contributed by atoms with van der Waals surface area (Å²) in [5, 5.41) is 10.1. The molecule has 1 aliphatic rings. The number of carbonyl (C=O) groups is 1. The molecule has 7 nitrogen and oxygen atoms in total. The first-order valence-electron chi connectivity index (χ1n) is 5.45. The molecule has 0 bridgehead atoms. The lowest BCUT2D eigenvalue weighted by Crippen LogP contribution is -2.48. The summed E-state index contributed by atoms with van der Waals surface area (Å²) in [5.41, 5.74) is -1.01. The van der Waals surface area contributed by atoms with Crippen molar-refractivity contribution < 1.29 is 23.1 Å². The normalized spacial score (nSPS) is 19.6. The largest absolute Gasteiger partial charge is 0.452 e. The summed E-state index contributed by atoms with van der Waals surface area (Å²) in [6.07, 6.45) is 2.87. The van der Waals surface area contributed by atoms with Crippen molar-refractivity contribution in [3.8, 4) is 0 Å². The van der Waals surface area contributed by atoms with Gasteiger partial charge in [0.15, 0.2) is 0 Å². The number of hydrogen-bond acceptors (Lipinski definition) is 5. The number of methoxy groups -OCH3 is 1. The van der Waals surface area contributed by atoms with Gasteiger partial charge in [0.2, 0.25) is 0 Å². The topological polar surface area (TPSA) is 105 Å². The van der Waals surface area contributed by atoms with Gasteiger partial charge in [0.05, 0.1) is 12.7 Å². The van der Waals surface area contributed by atoms with Gasteiger partial charge in [0, 0.05) is 6.54 Å². The molecule has 1 saturated carbocycles. The minimum absolute atomic E-state index is 0.0979. The Morgan fingerprint density at radius 1 is 1.35 bits per heavy atom. The monoisotopic (exact) mass is 266 g/mol. The van der Waals surface area contributed by atoms with Crippen LogP contribution in [0.5, 0.6) is 0 Å². The highest BCUT2D eigenvalue weighted by Gasteiger charge is 2.30. The summed E-state index contributed by atoms with van der Waals surface area (Å²) in [7, 11) is -2.90. The number of amides is 1. The molecule has 0 aromatic carbocycles. The van der Waals surface area contributed by atoms with Crippen LogP contribution >= 0.6 is 0 Å². The predicted octanol–water partition coefficient (Wildman–Crippen LogP) is -0.128. The predicted molar refractivity (Wildman–Crippen MR) is 60.5 cm³/mol. The number of nitrogens with one attached hydrogen (secondary N) is 2. The second-order valence-electron chi connectivity index (χ2n) is 4.20. The molecule has 17 heavy (non-hydrogen) atoms. The lowest BCUT2D eigenvalue weighted by atomic mass is 9.85. The highest BCUT2D eigenvalue weighted by Crippen LogP contribution is 2.27. The number of aliphatic hydroxyl groups is 1. The first-order chi connectivity index (χ1) is 7.87. The van der Waals surface area contributed by atoms with Crippen molar-refractivity contribution in [1.29, 1.82) is 0 Å². The van der Waals surface area contributed by atoms with Crippen molar-refractivity contribution in [3.05, 3.63) is 0 Å². The van der Waals surface area contributed by atoms with Gasteiger partial charge in [-0.15, -0.1) is 0 Å². The molecule has 100 valence electrons. The van der Waals surface area contributed by atoms with Crippen molar-refractivity contribution in [3.63, 3.8) is 0 Å². The Kier molecular flexibility index (Phi) is 4.72. The van der Waals surface area contributed by atoms with Crippen LogP contribution in [-0.4, -0.2) is 38.9 Å². The second-order valence-corrected chi connectivity index (χ2v) is 5.70. The van der Waals surface area contributed by atoms with Gasteiger partial charge in [0.1, 0.15) is 0 Å². The van der Waals surface area contributed by atoms with Gasteiger partial charge in [-0.3, -0.25) is 0 Å². The zero-order valence-electron chi connectivity index (χ0n) is 9.73. The van der Waals surface area contributed by atoms with Crippen LogP contribution in [0.2, 0.25) is 0 Å². The third-order valence-electron chi connectivity index (χ3n) is 2.78. The molecular formula is C9H18N2O5S. The van der Waals surface area contributed by atoms with Crippen LogP contribution in [0.25, 0.3) is 0 Å². The van der Waals surface area contributed by atoms with E-state index in [0.717, 1.165) is 26.4 Å². The van der Waals surface area contributed by atoms with E-state index in [9.17, 15) is 18.3 Å². The van der Waals surface area contributed by atoms with Gasteiger partial charge in [0.25, 0.3) is 0 Å². The van der Waals surface area contributed by atoms with Gasteiger partial charge in [-0.1, -0.05) is 19.3 Å². The van der Waals surface area contributed by atoms with Gasteiger partial charge < -0.3 is 9.84 Å². The fourth-order valence-corrected chi connectivity index (χ4v) is 2.64. The summed E-state index contributed by atoms with van der Waals surface area (Å²) in [5.74, 6) is 0. The SMILES string of the molecule is COC(=O)NS(=O)(=O)NCC1(O)CCCCC1. The van der Waals surface area contributed by atoms with Crippen LogP contribution in [0.1, 0.15) is 32.1 Å². The molecule has 1 fully saturated rings. The van der Waals surface area contributed by atoms with Gasteiger partial charge in [-0.05, 0) is 12.8 Å². The Labute approximate surface area is 101 Å². The lowest BCUT2D eigenvalue weighted by molar-refractivity contribution is 0.00937. The Morgan fingerprint density at radius 3 is 2.47 bits per heavy atom. The van der Waals surface area contributed by atoms with E-state index in [-0.39, 0.29) is 6.54 Å². The standard InChI is InChI=1S/C9H18N2O5S/c1-16-8(12)11-17(14,15)10-7-9(13)5-3-2-4-6-9/h10,13H,2-7H2,1H3,(H,11,12). The van der Waals surface area contributed by atoms with Crippen LogP contribution < -0.4 is 9.44 Å². The molecule has 0 unspecified atom stereocenters. The minimum Gasteiger partial charge on any atom is -0.452 e. The Morgan fingerprint density at radius 2 is 1.94 bits per heavy atom. The highest BCUT2D eigenvalue weighted by molar-refractivity contribution is 7.88. The van der Waals surface area contributed by atoms with E-state index in [2.05, 4.69) is 9.46 Å². The molecule has 0 atom stereocenters. The Bertz CT molecular complexity index is 362. The summed E-state index contributed by atoms with van der Waals surface area (Å²) in [4.78, 5) is 10.7. The molecule has 0 radical (unpaired) electrons. The van der Waals surface area contributed by atoms with Crippen LogP contribution in [-0.2, 0) is 14.9 Å². The maximum atomic E-state index is 11.4. The van der Waals surface area contributed by atoms with Crippen molar-refractivity contribution >= 4 is 16.3 Å². The van der Waals surface area contributed by atoms with E-state index in [1.54, 1.807) is 4.72 Å². The third kappa shape index (κ3) is 4.88. The van der Waals surface area contributed by atoms with E-state index in [1.165, 1.54) is 0 Å². The molecule has 1 amide bonds. The molecular weight excluding hydrogens is 248 g/mol. The average Bonchev–Trinajstić information content (AvgIpc) is 2.27. The number of hydrogen-bond donors (Lipinski definition) is 3. The highest BCUT2D eigenvalue weighted by atomic mass is 32.2. The summed E-state index contributed by atoms with van der Waals surface area (Å²) in [6.45, 7) is -0.0979. The quantitative estimate of drug-likeness (QED) is 0.657. The van der Waals surface area contributed by atoms with Crippen molar-refractivity contribution in [1.82, 2.24) is 9.44 Å². The summed E-state index contributed by atoms with van der Waals surface area (Å²) in [6, 6.07) is 0. The number of ether oxygens (including phenoxy) is 1. The maximum Gasteiger partial charge on any atom is 0.421 e. The number of carbonyl (C=O) groups excluding carboxylic acids is 1. The second kappa shape index (κ2) is 5.65. The third-order valence-corrected chi connectivity index (χ3v) is 3.74. The molecule has 0 heterocycles. The van der Waals surface area contributed by atoms with E-state index in [0.29, 0.717) is 12.8 Å². The van der Waals surface area contributed by atoms with Gasteiger partial charge in [-0.2, -0.15) is 13.1 Å². The molecule has 0 aromatic rings. The molecule has 0 aromatic heterocycles. The van der Waals surface area contributed by atoms with Crippen LogP contribution in [0.15, 0.2) is 0 Å². The van der Waals surface area contributed by atoms with Gasteiger partial charge in [-0.25, -0.2) is 9.52 Å². The molecule has 0 spiro atoms. The van der Waals surface area contributed by atoms with Crippen molar-refractivity contribution in [2.75, 3.05) is 13.7 Å². The Balaban J connectivity index is 2.46. The molecule has 0 saturated heterocycles. The summed E-state index contributed by atoms with van der Waals surface area (Å²) < 4.78 is 30.7. The van der Waals surface area contributed by atoms with E-state index < -0.39 is 21.9 Å². The molecule has 3 N–H and O–H groups in total. The van der Waals surface area contributed by atoms with Crippen LogP contribution in [0.4, 0.5) is 4.79 Å². The van der Waals surface area contributed by atoms with E-state index in [1.807, 2.05) is 0 Å². The number of rotatable bonds is 4. The van der Waals surface area contributed by atoms with Crippen LogP contribution in [0, 0.1) is 0 Å². The molecule has 8 heteroatoms.